The van der Waals surface area contributed by atoms with E-state index in [1.807, 2.05) is 6.07 Å². The maximum absolute atomic E-state index is 10.5. The van der Waals surface area contributed by atoms with Crippen LogP contribution < -0.4 is 0 Å². The summed E-state index contributed by atoms with van der Waals surface area (Å²) >= 11 is 0. The van der Waals surface area contributed by atoms with E-state index in [1.54, 1.807) is 0 Å². The van der Waals surface area contributed by atoms with Crippen molar-refractivity contribution in [2.24, 2.45) is 11.8 Å². The minimum Gasteiger partial charge on any atom is -0.387 e. The van der Waals surface area contributed by atoms with Gasteiger partial charge in [0.05, 0.1) is 6.10 Å². The summed E-state index contributed by atoms with van der Waals surface area (Å²) in [5.41, 5.74) is 2.52. The maximum atomic E-state index is 10.5. The van der Waals surface area contributed by atoms with Crippen LogP contribution in [0.15, 0.2) is 24.3 Å². The second-order valence-corrected chi connectivity index (χ2v) is 6.32. The summed E-state index contributed by atoms with van der Waals surface area (Å²) in [5.74, 6) is 1.84. The van der Waals surface area contributed by atoms with E-state index in [0.29, 0.717) is 6.04 Å². The molecule has 4 unspecified atom stereocenters. The van der Waals surface area contributed by atoms with E-state index < -0.39 is 0 Å². The molecule has 0 bridgehead atoms. The van der Waals surface area contributed by atoms with Crippen LogP contribution in [0.1, 0.15) is 36.5 Å². The van der Waals surface area contributed by atoms with Gasteiger partial charge < -0.3 is 5.11 Å². The predicted molar refractivity (Wildman–Crippen MR) is 71.3 cm³/mol. The molecule has 1 heterocycles. The molecule has 1 saturated carbocycles. The second-order valence-electron chi connectivity index (χ2n) is 6.32. The predicted octanol–water partition coefficient (Wildman–Crippen LogP) is 2.38. The summed E-state index contributed by atoms with van der Waals surface area (Å²) in [5, 5.41) is 10.5. The van der Waals surface area contributed by atoms with Gasteiger partial charge in [-0.25, -0.2) is 0 Å². The fourth-order valence-electron chi connectivity index (χ4n) is 4.42. The lowest BCUT2D eigenvalue weighted by Gasteiger charge is -2.27. The highest BCUT2D eigenvalue weighted by Gasteiger charge is 2.43. The highest BCUT2D eigenvalue weighted by Crippen LogP contribution is 2.42. The molecule has 2 heteroatoms. The van der Waals surface area contributed by atoms with Gasteiger partial charge in [0, 0.05) is 19.1 Å². The first kappa shape index (κ1) is 11.0. The van der Waals surface area contributed by atoms with Crippen molar-refractivity contribution in [3.05, 3.63) is 35.4 Å². The Labute approximate surface area is 109 Å². The van der Waals surface area contributed by atoms with Gasteiger partial charge in [0.25, 0.3) is 0 Å². The Hall–Kier alpha value is -0.860. The van der Waals surface area contributed by atoms with Gasteiger partial charge >= 0.3 is 0 Å². The van der Waals surface area contributed by atoms with Crippen LogP contribution in [0.2, 0.25) is 0 Å². The van der Waals surface area contributed by atoms with Gasteiger partial charge in [0.2, 0.25) is 0 Å². The lowest BCUT2D eigenvalue weighted by molar-refractivity contribution is 0.0702. The fraction of sp³-hybridized carbons (Fsp3) is 0.625. The van der Waals surface area contributed by atoms with E-state index in [0.717, 1.165) is 18.3 Å². The number of hydrogen-bond donors (Lipinski definition) is 1. The average molecular weight is 243 g/mol. The molecule has 0 spiro atoms. The summed E-state index contributed by atoms with van der Waals surface area (Å²) in [6.45, 7) is 2.45. The van der Waals surface area contributed by atoms with Gasteiger partial charge in [-0.3, -0.25) is 4.90 Å². The van der Waals surface area contributed by atoms with Gasteiger partial charge in [-0.15, -0.1) is 0 Å². The number of likely N-dealkylation sites (tertiary alicyclic amines) is 1. The zero-order valence-electron chi connectivity index (χ0n) is 10.8. The number of fused-ring (bicyclic) bond motifs is 2. The minimum atomic E-state index is -0.264. The van der Waals surface area contributed by atoms with Crippen LogP contribution in [0.3, 0.4) is 0 Å². The fourth-order valence-corrected chi connectivity index (χ4v) is 4.42. The highest BCUT2D eigenvalue weighted by atomic mass is 16.3. The summed E-state index contributed by atoms with van der Waals surface area (Å²) in [4.78, 5) is 2.57. The summed E-state index contributed by atoms with van der Waals surface area (Å²) in [7, 11) is 0. The molecule has 4 rings (SSSR count). The van der Waals surface area contributed by atoms with Crippen molar-refractivity contribution in [2.45, 2.75) is 37.8 Å². The van der Waals surface area contributed by atoms with E-state index in [9.17, 15) is 5.11 Å². The average Bonchev–Trinajstić information content (AvgIpc) is 3.02. The van der Waals surface area contributed by atoms with Crippen molar-refractivity contribution in [3.63, 3.8) is 0 Å². The van der Waals surface area contributed by atoms with Crippen molar-refractivity contribution in [3.8, 4) is 0 Å². The molecule has 1 saturated heterocycles. The number of hydrogen-bond acceptors (Lipinski definition) is 2. The largest absolute Gasteiger partial charge is 0.387 e. The molecule has 1 aromatic carbocycles. The first-order chi connectivity index (χ1) is 8.83. The molecule has 1 aromatic rings. The van der Waals surface area contributed by atoms with Gasteiger partial charge in [-0.05, 0) is 42.2 Å². The molecule has 2 nitrogen and oxygen atoms in total. The molecule has 96 valence electrons. The van der Waals surface area contributed by atoms with Crippen LogP contribution in [0.25, 0.3) is 0 Å². The first-order valence-electron chi connectivity index (χ1n) is 7.33. The van der Waals surface area contributed by atoms with E-state index in [1.165, 1.54) is 43.5 Å². The van der Waals surface area contributed by atoms with Gasteiger partial charge in [0.1, 0.15) is 0 Å². The quantitative estimate of drug-likeness (QED) is 0.818. The van der Waals surface area contributed by atoms with Crippen molar-refractivity contribution < 1.29 is 5.11 Å². The Morgan fingerprint density at radius 2 is 1.78 bits per heavy atom. The van der Waals surface area contributed by atoms with Crippen LogP contribution in [-0.4, -0.2) is 29.1 Å². The van der Waals surface area contributed by atoms with E-state index >= 15 is 0 Å². The molecular weight excluding hydrogens is 222 g/mol. The van der Waals surface area contributed by atoms with Crippen molar-refractivity contribution >= 4 is 0 Å². The first-order valence-corrected chi connectivity index (χ1v) is 7.33. The van der Waals surface area contributed by atoms with Crippen LogP contribution >= 0.6 is 0 Å². The molecule has 18 heavy (non-hydrogen) atoms. The summed E-state index contributed by atoms with van der Waals surface area (Å²) in [6.07, 6.45) is 5.03. The highest BCUT2D eigenvalue weighted by molar-refractivity contribution is 5.36. The third-order valence-electron chi connectivity index (χ3n) is 5.39. The Bertz CT molecular complexity index is 446. The van der Waals surface area contributed by atoms with E-state index in [-0.39, 0.29) is 6.10 Å². The summed E-state index contributed by atoms with van der Waals surface area (Å²) < 4.78 is 0. The molecule has 0 amide bonds. The van der Waals surface area contributed by atoms with Gasteiger partial charge in [0.15, 0.2) is 0 Å². The van der Waals surface area contributed by atoms with E-state index in [2.05, 4.69) is 23.1 Å². The number of benzene rings is 1. The number of aliphatic hydroxyl groups excluding tert-OH is 1. The summed E-state index contributed by atoms with van der Waals surface area (Å²) in [6, 6.07) is 8.75. The third-order valence-corrected chi connectivity index (χ3v) is 5.39. The number of nitrogens with zero attached hydrogens (tertiary/aromatic N) is 1. The Balaban J connectivity index is 1.55. The molecule has 0 aromatic heterocycles. The topological polar surface area (TPSA) is 23.5 Å². The molecule has 3 aliphatic rings. The van der Waals surface area contributed by atoms with Crippen molar-refractivity contribution in [2.75, 3.05) is 13.1 Å². The smallest absolute Gasteiger partial charge is 0.0951 e. The molecule has 1 N–H and O–H groups in total. The van der Waals surface area contributed by atoms with Crippen LogP contribution in [0.4, 0.5) is 0 Å². The Morgan fingerprint density at radius 1 is 1.06 bits per heavy atom. The number of aliphatic hydroxyl groups is 1. The molecule has 2 aliphatic carbocycles. The molecule has 2 fully saturated rings. The lowest BCUT2D eigenvalue weighted by Crippen LogP contribution is -2.37. The third kappa shape index (κ3) is 1.55. The zero-order chi connectivity index (χ0) is 12.1. The Kier molecular flexibility index (Phi) is 2.49. The standard InChI is InChI=1S/C16H21NO/c18-16-14-7-2-1-4-11(14)8-15(16)17-9-12-5-3-6-13(12)10-17/h1-2,4,7,12-13,15-16,18H,3,5-6,8-10H2. The maximum Gasteiger partial charge on any atom is 0.0951 e. The molecule has 4 atom stereocenters. The van der Waals surface area contributed by atoms with Crippen molar-refractivity contribution in [1.29, 1.82) is 0 Å². The second kappa shape index (κ2) is 4.07. The monoisotopic (exact) mass is 243 g/mol. The van der Waals surface area contributed by atoms with Gasteiger partial charge in [-0.2, -0.15) is 0 Å². The lowest BCUT2D eigenvalue weighted by atomic mass is 10.0. The van der Waals surface area contributed by atoms with Crippen LogP contribution in [0, 0.1) is 11.8 Å². The van der Waals surface area contributed by atoms with Gasteiger partial charge in [-0.1, -0.05) is 30.7 Å². The van der Waals surface area contributed by atoms with Crippen molar-refractivity contribution in [1.82, 2.24) is 4.90 Å². The minimum absolute atomic E-state index is 0.264. The molecular formula is C16H21NO. The van der Waals surface area contributed by atoms with Crippen LogP contribution in [0.5, 0.6) is 0 Å². The zero-order valence-corrected chi connectivity index (χ0v) is 10.8. The molecule has 0 radical (unpaired) electrons. The number of rotatable bonds is 1. The molecule has 1 aliphatic heterocycles. The Morgan fingerprint density at radius 3 is 2.50 bits per heavy atom. The van der Waals surface area contributed by atoms with E-state index in [4.69, 9.17) is 0 Å². The van der Waals surface area contributed by atoms with Crippen LogP contribution in [-0.2, 0) is 6.42 Å². The SMILES string of the molecule is OC1c2ccccc2CC1N1CC2CCCC2C1. The normalized spacial score (nSPS) is 38.9.